The molecule has 8 aromatic rings. The lowest BCUT2D eigenvalue weighted by molar-refractivity contribution is 0.331. The second kappa shape index (κ2) is 15.5. The molecule has 7 aromatic carbocycles. The van der Waals surface area contributed by atoms with Crippen molar-refractivity contribution in [1.82, 2.24) is 0 Å². The van der Waals surface area contributed by atoms with Crippen LogP contribution in [-0.2, 0) is 27.1 Å². The van der Waals surface area contributed by atoms with Gasteiger partial charge in [-0.1, -0.05) is 161 Å². The van der Waals surface area contributed by atoms with Crippen molar-refractivity contribution in [3.63, 3.8) is 0 Å². The largest absolute Gasteiger partial charge is 0.311 e. The highest BCUT2D eigenvalue weighted by Crippen LogP contribution is 2.57. The monoisotopic (exact) mass is 934 g/mol. The predicted molar refractivity (Wildman–Crippen MR) is 305 cm³/mol. The van der Waals surface area contributed by atoms with Gasteiger partial charge in [-0.15, -0.1) is 11.3 Å². The lowest BCUT2D eigenvalue weighted by Gasteiger charge is -2.50. The lowest BCUT2D eigenvalue weighted by Crippen LogP contribution is -2.61. The third-order valence-electron chi connectivity index (χ3n) is 17.2. The molecule has 3 heterocycles. The molecule has 0 saturated carbocycles. The van der Waals surface area contributed by atoms with Gasteiger partial charge in [0.15, 0.2) is 0 Å². The third-order valence-corrected chi connectivity index (χ3v) is 18.4. The molecule has 2 aliphatic heterocycles. The van der Waals surface area contributed by atoms with E-state index >= 15 is 0 Å². The average Bonchev–Trinajstić information content (AvgIpc) is 3.71. The van der Waals surface area contributed by atoms with Crippen LogP contribution < -0.4 is 31.1 Å². The summed E-state index contributed by atoms with van der Waals surface area (Å²) in [7, 11) is 0. The summed E-state index contributed by atoms with van der Waals surface area (Å²) < 4.78 is 1.33. The first kappa shape index (κ1) is 45.1. The number of fused-ring (bicyclic) bond motifs is 9. The summed E-state index contributed by atoms with van der Waals surface area (Å²) >= 11 is 1.95. The van der Waals surface area contributed by atoms with Crippen molar-refractivity contribution in [2.75, 3.05) is 14.7 Å². The zero-order chi connectivity index (χ0) is 48.9. The number of para-hydroxylation sites is 2. The molecule has 3 nitrogen and oxygen atoms in total. The Morgan fingerprint density at radius 1 is 0.514 bits per heavy atom. The molecule has 0 amide bonds. The number of aryl methyl sites for hydroxylation is 1. The molecule has 1 aromatic heterocycles. The van der Waals surface area contributed by atoms with Gasteiger partial charge in [0.05, 0.1) is 10.7 Å². The molecular weight excluding hydrogens is 866 g/mol. The standard InChI is InChI=1S/C65H68BN3S/c1-41-37-42(61(2,3)4)27-32-52(41)69-54-40-46(67(43-21-15-13-16-22-43)44-23-17-14-18-24-44)39-53-58(54)66(57-47-25-19-20-26-55(47)70-60(57)69)51-31-30-49-56(65(11,12)36-35-63(49,7)8)59(51)68(53)45-28-29-48-50(38-45)64(9,10)34-33-62(48,5)6/h13-32,37-40H,33-36H2,1-12H3. The molecule has 0 unspecified atom stereocenters. The van der Waals surface area contributed by atoms with Crippen molar-refractivity contribution in [3.05, 3.63) is 179 Å². The molecular formula is C65H68BN3S. The molecule has 12 rings (SSSR count). The van der Waals surface area contributed by atoms with Crippen LogP contribution >= 0.6 is 11.3 Å². The third kappa shape index (κ3) is 6.81. The van der Waals surface area contributed by atoms with Crippen LogP contribution in [0.2, 0.25) is 0 Å². The first-order chi connectivity index (χ1) is 33.2. The highest BCUT2D eigenvalue weighted by molar-refractivity contribution is 7.26. The van der Waals surface area contributed by atoms with Crippen LogP contribution in [-0.4, -0.2) is 6.71 Å². The summed E-state index contributed by atoms with van der Waals surface area (Å²) in [6.07, 6.45) is 4.64. The Balaban J connectivity index is 1.27. The van der Waals surface area contributed by atoms with Gasteiger partial charge >= 0.3 is 0 Å². The highest BCUT2D eigenvalue weighted by Gasteiger charge is 2.50. The van der Waals surface area contributed by atoms with Crippen LogP contribution in [0.5, 0.6) is 0 Å². The summed E-state index contributed by atoms with van der Waals surface area (Å²) in [5, 5.41) is 2.67. The van der Waals surface area contributed by atoms with E-state index in [2.05, 4.69) is 243 Å². The van der Waals surface area contributed by atoms with E-state index in [0.29, 0.717) is 0 Å². The van der Waals surface area contributed by atoms with Crippen LogP contribution in [0.3, 0.4) is 0 Å². The number of anilines is 9. The fraction of sp³-hybridized carbons (Fsp3) is 0.323. The van der Waals surface area contributed by atoms with Gasteiger partial charge in [-0.3, -0.25) is 0 Å². The molecule has 0 N–H and O–H groups in total. The van der Waals surface area contributed by atoms with E-state index in [0.717, 1.165) is 36.3 Å². The van der Waals surface area contributed by atoms with E-state index in [9.17, 15) is 0 Å². The van der Waals surface area contributed by atoms with Crippen molar-refractivity contribution in [2.24, 2.45) is 0 Å². The molecule has 0 bridgehead atoms. The summed E-state index contributed by atoms with van der Waals surface area (Å²) in [4.78, 5) is 7.93. The zero-order valence-corrected chi connectivity index (χ0v) is 44.3. The highest BCUT2D eigenvalue weighted by atomic mass is 32.1. The van der Waals surface area contributed by atoms with E-state index in [1.165, 1.54) is 99.7 Å². The lowest BCUT2D eigenvalue weighted by atomic mass is 9.33. The van der Waals surface area contributed by atoms with Crippen molar-refractivity contribution in [3.8, 4) is 0 Å². The van der Waals surface area contributed by atoms with Crippen LogP contribution in [0.1, 0.15) is 135 Å². The molecule has 0 spiro atoms. The van der Waals surface area contributed by atoms with Crippen LogP contribution in [0.25, 0.3) is 10.1 Å². The summed E-state index contributed by atoms with van der Waals surface area (Å²) in [5.41, 5.74) is 22.7. The Labute approximate surface area is 422 Å². The number of benzene rings is 7. The minimum Gasteiger partial charge on any atom is -0.311 e. The minimum atomic E-state index is -0.0614. The van der Waals surface area contributed by atoms with Crippen molar-refractivity contribution >= 4 is 95.0 Å². The van der Waals surface area contributed by atoms with E-state index in [1.807, 2.05) is 11.3 Å². The Kier molecular flexibility index (Phi) is 9.98. The zero-order valence-electron chi connectivity index (χ0n) is 43.5. The van der Waals surface area contributed by atoms with Crippen molar-refractivity contribution in [2.45, 2.75) is 136 Å². The Morgan fingerprint density at radius 2 is 1.09 bits per heavy atom. The topological polar surface area (TPSA) is 9.72 Å². The van der Waals surface area contributed by atoms with Gasteiger partial charge in [0.1, 0.15) is 0 Å². The second-order valence-electron chi connectivity index (χ2n) is 24.8. The van der Waals surface area contributed by atoms with Gasteiger partial charge in [-0.2, -0.15) is 0 Å². The first-order valence-electron chi connectivity index (χ1n) is 25.9. The molecule has 0 atom stereocenters. The van der Waals surface area contributed by atoms with Crippen molar-refractivity contribution in [1.29, 1.82) is 0 Å². The van der Waals surface area contributed by atoms with E-state index in [-0.39, 0.29) is 33.8 Å². The molecule has 2 aliphatic carbocycles. The maximum atomic E-state index is 2.77. The Bertz CT molecular complexity index is 3370. The predicted octanol–water partition coefficient (Wildman–Crippen LogP) is 16.8. The normalized spacial score (nSPS) is 17.9. The van der Waals surface area contributed by atoms with Crippen LogP contribution in [0, 0.1) is 6.92 Å². The minimum absolute atomic E-state index is 0.00268. The smallest absolute Gasteiger partial charge is 0.254 e. The van der Waals surface area contributed by atoms with E-state index in [4.69, 9.17) is 0 Å². The van der Waals surface area contributed by atoms with Crippen LogP contribution in [0.4, 0.5) is 50.5 Å². The quantitative estimate of drug-likeness (QED) is 0.159. The number of nitrogens with zero attached hydrogens (tertiary/aromatic N) is 3. The molecule has 0 radical (unpaired) electrons. The number of thiophene rings is 1. The fourth-order valence-electron chi connectivity index (χ4n) is 13.0. The molecule has 5 heteroatoms. The molecule has 4 aliphatic rings. The van der Waals surface area contributed by atoms with Gasteiger partial charge in [-0.05, 0) is 176 Å². The van der Waals surface area contributed by atoms with Crippen molar-refractivity contribution < 1.29 is 0 Å². The summed E-state index contributed by atoms with van der Waals surface area (Å²) in [5.74, 6) is 0. The van der Waals surface area contributed by atoms with Gasteiger partial charge in [0.25, 0.3) is 6.71 Å². The number of hydrogen-bond donors (Lipinski definition) is 0. The van der Waals surface area contributed by atoms with Crippen LogP contribution in [0.15, 0.2) is 146 Å². The molecule has 352 valence electrons. The second-order valence-corrected chi connectivity index (χ2v) is 25.8. The SMILES string of the molecule is Cc1cc(C(C)(C)C)ccc1N1c2cc(N(c3ccccc3)c3ccccc3)cc3c2B(c2ccc4c(c2N3c2ccc3c(c2)C(C)(C)CCC3(C)C)C(C)(C)CCC4(C)C)c2c1sc1ccccc21. The maximum absolute atomic E-state index is 2.77. The van der Waals surface area contributed by atoms with Gasteiger partial charge in [0, 0.05) is 44.5 Å². The summed E-state index contributed by atoms with van der Waals surface area (Å²) in [6.45, 7) is 29.2. The Hall–Kier alpha value is -6.04. The molecule has 70 heavy (non-hydrogen) atoms. The number of hydrogen-bond acceptors (Lipinski definition) is 4. The fourth-order valence-corrected chi connectivity index (χ4v) is 14.3. The average molecular weight is 934 g/mol. The van der Waals surface area contributed by atoms with E-state index in [1.54, 1.807) is 0 Å². The van der Waals surface area contributed by atoms with Gasteiger partial charge in [0.2, 0.25) is 0 Å². The molecule has 0 saturated heterocycles. The summed E-state index contributed by atoms with van der Waals surface area (Å²) in [6, 6.07) is 56.3. The Morgan fingerprint density at radius 3 is 1.73 bits per heavy atom. The van der Waals surface area contributed by atoms with Gasteiger partial charge < -0.3 is 14.7 Å². The van der Waals surface area contributed by atoms with Gasteiger partial charge in [-0.25, -0.2) is 0 Å². The first-order valence-corrected chi connectivity index (χ1v) is 26.7. The molecule has 0 fully saturated rings. The maximum Gasteiger partial charge on any atom is 0.254 e. The van der Waals surface area contributed by atoms with E-state index < -0.39 is 0 Å². The number of rotatable bonds is 5.